The van der Waals surface area contributed by atoms with Gasteiger partial charge in [0.15, 0.2) is 0 Å². The number of carbonyl (C=O) groups is 1. The molecule has 1 aromatic carbocycles. The van der Waals surface area contributed by atoms with E-state index in [4.69, 9.17) is 10.5 Å². The van der Waals surface area contributed by atoms with E-state index in [-0.39, 0.29) is 11.9 Å². The summed E-state index contributed by atoms with van der Waals surface area (Å²) in [6, 6.07) is 6.92. The Morgan fingerprint density at radius 1 is 1.43 bits per heavy atom. The fourth-order valence-electron chi connectivity index (χ4n) is 1.01. The van der Waals surface area contributed by atoms with Gasteiger partial charge in [0.2, 0.25) is 5.91 Å². The molecule has 1 atom stereocenters. The van der Waals surface area contributed by atoms with E-state index < -0.39 is 0 Å². The van der Waals surface area contributed by atoms with Crippen molar-refractivity contribution < 1.29 is 9.53 Å². The number of methoxy groups -OCH3 is 1. The summed E-state index contributed by atoms with van der Waals surface area (Å²) < 4.78 is 5.00. The first-order valence-corrected chi connectivity index (χ1v) is 4.33. The molecule has 0 aliphatic carbocycles. The Morgan fingerprint density at radius 2 is 2.00 bits per heavy atom. The number of nitrogens with one attached hydrogen (secondary N) is 1. The van der Waals surface area contributed by atoms with Gasteiger partial charge in [-0.2, -0.15) is 0 Å². The second kappa shape index (κ2) is 4.50. The molecule has 0 heterocycles. The third-order valence-electron chi connectivity index (χ3n) is 1.90. The number of hydrogen-bond donors (Lipinski definition) is 2. The van der Waals surface area contributed by atoms with E-state index in [0.717, 1.165) is 11.4 Å². The number of primary amides is 1. The molecule has 0 aliphatic rings. The molecule has 1 rings (SSSR count). The van der Waals surface area contributed by atoms with Crippen molar-refractivity contribution in [3.05, 3.63) is 24.3 Å². The van der Waals surface area contributed by atoms with Crippen molar-refractivity contribution in [3.63, 3.8) is 0 Å². The maximum atomic E-state index is 10.8. The van der Waals surface area contributed by atoms with Gasteiger partial charge in [0, 0.05) is 5.69 Å². The zero-order valence-corrected chi connectivity index (χ0v) is 8.28. The van der Waals surface area contributed by atoms with Crippen LogP contribution in [0.2, 0.25) is 0 Å². The van der Waals surface area contributed by atoms with Gasteiger partial charge in [-0.05, 0) is 31.2 Å². The van der Waals surface area contributed by atoms with Crippen LogP contribution in [-0.4, -0.2) is 19.1 Å². The van der Waals surface area contributed by atoms with Gasteiger partial charge in [-0.15, -0.1) is 0 Å². The van der Waals surface area contributed by atoms with Crippen LogP contribution in [0, 0.1) is 0 Å². The first-order chi connectivity index (χ1) is 6.63. The van der Waals surface area contributed by atoms with Crippen molar-refractivity contribution in [2.75, 3.05) is 12.4 Å². The van der Waals surface area contributed by atoms with E-state index in [1.807, 2.05) is 24.3 Å². The summed E-state index contributed by atoms with van der Waals surface area (Å²) in [5.74, 6) is 0.406. The molecule has 1 unspecified atom stereocenters. The maximum absolute atomic E-state index is 10.8. The Bertz CT molecular complexity index is 308. The van der Waals surface area contributed by atoms with Gasteiger partial charge in [-0.3, -0.25) is 4.79 Å². The normalized spacial score (nSPS) is 11.9. The van der Waals surface area contributed by atoms with Crippen molar-refractivity contribution in [1.29, 1.82) is 0 Å². The molecule has 4 heteroatoms. The van der Waals surface area contributed by atoms with Crippen LogP contribution in [0.15, 0.2) is 24.3 Å². The highest BCUT2D eigenvalue weighted by molar-refractivity contribution is 5.82. The third kappa shape index (κ3) is 2.65. The van der Waals surface area contributed by atoms with E-state index in [0.29, 0.717) is 0 Å². The number of benzene rings is 1. The highest BCUT2D eigenvalue weighted by atomic mass is 16.5. The molecule has 0 aliphatic heterocycles. The number of carbonyl (C=O) groups excluding carboxylic acids is 1. The van der Waals surface area contributed by atoms with Crippen LogP contribution in [0.1, 0.15) is 6.92 Å². The maximum Gasteiger partial charge on any atom is 0.239 e. The van der Waals surface area contributed by atoms with Crippen LogP contribution < -0.4 is 15.8 Å². The monoisotopic (exact) mass is 194 g/mol. The van der Waals surface area contributed by atoms with Gasteiger partial charge >= 0.3 is 0 Å². The lowest BCUT2D eigenvalue weighted by Crippen LogP contribution is -2.32. The van der Waals surface area contributed by atoms with Crippen LogP contribution in [0.5, 0.6) is 5.75 Å². The minimum atomic E-state index is -0.374. The van der Waals surface area contributed by atoms with E-state index in [1.165, 1.54) is 0 Å². The van der Waals surface area contributed by atoms with Crippen LogP contribution in [0.25, 0.3) is 0 Å². The van der Waals surface area contributed by atoms with E-state index in [2.05, 4.69) is 5.32 Å². The average molecular weight is 194 g/mol. The number of hydrogen-bond acceptors (Lipinski definition) is 3. The fourth-order valence-corrected chi connectivity index (χ4v) is 1.01. The first-order valence-electron chi connectivity index (χ1n) is 4.33. The van der Waals surface area contributed by atoms with E-state index >= 15 is 0 Å². The Morgan fingerprint density at radius 3 is 2.43 bits per heavy atom. The lowest BCUT2D eigenvalue weighted by Gasteiger charge is -2.11. The van der Waals surface area contributed by atoms with E-state index in [1.54, 1.807) is 14.0 Å². The zero-order chi connectivity index (χ0) is 10.6. The SMILES string of the molecule is COc1ccc(NC(C)C(N)=O)cc1. The van der Waals surface area contributed by atoms with Crippen molar-refractivity contribution in [2.45, 2.75) is 13.0 Å². The molecule has 0 radical (unpaired) electrons. The number of anilines is 1. The predicted octanol–water partition coefficient (Wildman–Crippen LogP) is 0.981. The summed E-state index contributed by atoms with van der Waals surface area (Å²) in [6.45, 7) is 1.71. The van der Waals surface area contributed by atoms with Gasteiger partial charge in [0.25, 0.3) is 0 Å². The quantitative estimate of drug-likeness (QED) is 0.751. The van der Waals surface area contributed by atoms with Crippen molar-refractivity contribution in [3.8, 4) is 5.75 Å². The van der Waals surface area contributed by atoms with E-state index in [9.17, 15) is 4.79 Å². The topological polar surface area (TPSA) is 64.3 Å². The number of nitrogens with two attached hydrogens (primary N) is 1. The third-order valence-corrected chi connectivity index (χ3v) is 1.90. The summed E-state index contributed by atoms with van der Waals surface area (Å²) in [7, 11) is 1.61. The number of ether oxygens (including phenoxy) is 1. The van der Waals surface area contributed by atoms with Gasteiger partial charge in [0.1, 0.15) is 11.8 Å². The fraction of sp³-hybridized carbons (Fsp3) is 0.300. The number of rotatable bonds is 4. The van der Waals surface area contributed by atoms with Crippen LogP contribution in [0.4, 0.5) is 5.69 Å². The molecule has 0 saturated carbocycles. The Kier molecular flexibility index (Phi) is 3.34. The average Bonchev–Trinajstić information content (AvgIpc) is 2.19. The minimum absolute atomic E-state index is 0.372. The Hall–Kier alpha value is -1.71. The van der Waals surface area contributed by atoms with Gasteiger partial charge < -0.3 is 15.8 Å². The Labute approximate surface area is 83.1 Å². The molecular formula is C10H14N2O2. The molecule has 1 aromatic rings. The summed E-state index contributed by atoms with van der Waals surface area (Å²) in [5, 5.41) is 2.96. The largest absolute Gasteiger partial charge is 0.497 e. The summed E-state index contributed by atoms with van der Waals surface area (Å²) in [6.07, 6.45) is 0. The zero-order valence-electron chi connectivity index (χ0n) is 8.28. The molecule has 0 aromatic heterocycles. The van der Waals surface area contributed by atoms with Gasteiger partial charge in [-0.25, -0.2) is 0 Å². The molecule has 0 saturated heterocycles. The van der Waals surface area contributed by atoms with Crippen LogP contribution >= 0.6 is 0 Å². The highest BCUT2D eigenvalue weighted by Crippen LogP contribution is 2.15. The van der Waals surface area contributed by atoms with Crippen LogP contribution in [0.3, 0.4) is 0 Å². The standard InChI is InChI=1S/C10H14N2O2/c1-7(10(11)13)12-8-3-5-9(14-2)6-4-8/h3-7,12H,1-2H3,(H2,11,13). The summed E-state index contributed by atoms with van der Waals surface area (Å²) in [5.41, 5.74) is 5.96. The highest BCUT2D eigenvalue weighted by Gasteiger charge is 2.07. The minimum Gasteiger partial charge on any atom is -0.497 e. The molecule has 0 spiro atoms. The second-order valence-corrected chi connectivity index (χ2v) is 3.00. The molecule has 0 fully saturated rings. The second-order valence-electron chi connectivity index (χ2n) is 3.00. The molecule has 14 heavy (non-hydrogen) atoms. The van der Waals surface area contributed by atoms with Crippen molar-refractivity contribution in [1.82, 2.24) is 0 Å². The van der Waals surface area contributed by atoms with Crippen molar-refractivity contribution >= 4 is 11.6 Å². The lowest BCUT2D eigenvalue weighted by molar-refractivity contribution is -0.118. The molecule has 1 amide bonds. The lowest BCUT2D eigenvalue weighted by atomic mass is 10.2. The van der Waals surface area contributed by atoms with Crippen LogP contribution in [-0.2, 0) is 4.79 Å². The predicted molar refractivity (Wildman–Crippen MR) is 55.3 cm³/mol. The van der Waals surface area contributed by atoms with Gasteiger partial charge in [0.05, 0.1) is 7.11 Å². The molecule has 76 valence electrons. The molecular weight excluding hydrogens is 180 g/mol. The summed E-state index contributed by atoms with van der Waals surface area (Å²) in [4.78, 5) is 10.8. The Balaban J connectivity index is 2.64. The summed E-state index contributed by atoms with van der Waals surface area (Å²) >= 11 is 0. The van der Waals surface area contributed by atoms with Crippen molar-refractivity contribution in [2.24, 2.45) is 5.73 Å². The molecule has 3 N–H and O–H groups in total. The number of amides is 1. The smallest absolute Gasteiger partial charge is 0.239 e. The molecule has 0 bridgehead atoms. The van der Waals surface area contributed by atoms with Gasteiger partial charge in [-0.1, -0.05) is 0 Å². The first kappa shape index (κ1) is 10.4. The molecule has 4 nitrogen and oxygen atoms in total.